The van der Waals surface area contributed by atoms with E-state index in [1.165, 1.54) is 0 Å². The summed E-state index contributed by atoms with van der Waals surface area (Å²) in [6, 6.07) is 3.38. The molecule has 0 aliphatic heterocycles. The first-order chi connectivity index (χ1) is 8.13. The Hall–Kier alpha value is -1.08. The van der Waals surface area contributed by atoms with Crippen LogP contribution < -0.4 is 4.72 Å². The van der Waals surface area contributed by atoms with Crippen molar-refractivity contribution in [2.45, 2.75) is 24.9 Å². The van der Waals surface area contributed by atoms with Gasteiger partial charge in [0.1, 0.15) is 0 Å². The highest BCUT2D eigenvalue weighted by Gasteiger charge is 2.30. The Morgan fingerprint density at radius 2 is 1.67 bits per heavy atom. The minimum Gasteiger partial charge on any atom is -0.211 e. The van der Waals surface area contributed by atoms with Crippen LogP contribution in [0.25, 0.3) is 0 Å². The fourth-order valence-electron chi connectivity index (χ4n) is 1.15. The molecule has 0 bridgehead atoms. The quantitative estimate of drug-likeness (QED) is 0.921. The van der Waals surface area contributed by atoms with Gasteiger partial charge in [-0.3, -0.25) is 0 Å². The molecule has 0 fully saturated rings. The lowest BCUT2D eigenvalue weighted by Crippen LogP contribution is -2.26. The number of sulfonamides is 1. The summed E-state index contributed by atoms with van der Waals surface area (Å²) >= 11 is 0. The third kappa shape index (κ3) is 3.99. The molecule has 0 amide bonds. The van der Waals surface area contributed by atoms with Gasteiger partial charge in [0.05, 0.1) is 10.5 Å². The molecule has 1 aromatic carbocycles. The summed E-state index contributed by atoms with van der Waals surface area (Å²) in [5.41, 5.74) is -0.875. The van der Waals surface area contributed by atoms with Crippen LogP contribution in [-0.2, 0) is 16.2 Å². The van der Waals surface area contributed by atoms with Gasteiger partial charge in [-0.1, -0.05) is 13.8 Å². The minimum atomic E-state index is -4.47. The second-order valence-corrected chi connectivity index (χ2v) is 5.82. The van der Waals surface area contributed by atoms with E-state index in [1.54, 1.807) is 13.8 Å². The number of alkyl halides is 3. The standard InChI is InChI=1S/C11H13F3NO2S/c1-8(2)7-15-18(16,17)10-5-3-9(4-6-10)11(12,13)14/h3-6,15H,7H2,1-2H3. The van der Waals surface area contributed by atoms with E-state index in [4.69, 9.17) is 0 Å². The van der Waals surface area contributed by atoms with Crippen molar-refractivity contribution in [2.75, 3.05) is 6.54 Å². The number of halogens is 3. The highest BCUT2D eigenvalue weighted by molar-refractivity contribution is 7.89. The van der Waals surface area contributed by atoms with Gasteiger partial charge in [-0.2, -0.15) is 13.2 Å². The Morgan fingerprint density at radius 1 is 1.17 bits per heavy atom. The molecule has 7 heteroatoms. The van der Waals surface area contributed by atoms with Gasteiger partial charge in [0.25, 0.3) is 0 Å². The SMILES string of the molecule is C[C](C)CNS(=O)(=O)c1ccc(C(F)(F)F)cc1. The predicted octanol–water partition coefficient (Wildman–Crippen LogP) is 2.60. The van der Waals surface area contributed by atoms with Crippen LogP contribution in [0.15, 0.2) is 29.2 Å². The monoisotopic (exact) mass is 280 g/mol. The molecule has 0 atom stereocenters. The van der Waals surface area contributed by atoms with Crippen LogP contribution in [-0.4, -0.2) is 15.0 Å². The predicted molar refractivity (Wildman–Crippen MR) is 61.2 cm³/mol. The Labute approximate surface area is 104 Å². The molecule has 1 rings (SSSR count). The first-order valence-corrected chi connectivity index (χ1v) is 6.57. The van der Waals surface area contributed by atoms with E-state index < -0.39 is 21.8 Å². The van der Waals surface area contributed by atoms with Crippen LogP contribution >= 0.6 is 0 Å². The Morgan fingerprint density at radius 3 is 2.06 bits per heavy atom. The molecule has 1 aromatic rings. The van der Waals surface area contributed by atoms with Gasteiger partial charge < -0.3 is 0 Å². The summed E-state index contributed by atoms with van der Waals surface area (Å²) < 4.78 is 62.6. The van der Waals surface area contributed by atoms with E-state index in [0.717, 1.165) is 30.2 Å². The van der Waals surface area contributed by atoms with Crippen molar-refractivity contribution < 1.29 is 21.6 Å². The van der Waals surface area contributed by atoms with Crippen molar-refractivity contribution in [3.63, 3.8) is 0 Å². The molecule has 0 saturated heterocycles. The van der Waals surface area contributed by atoms with Crippen LogP contribution in [0.3, 0.4) is 0 Å². The maximum absolute atomic E-state index is 12.3. The van der Waals surface area contributed by atoms with Crippen molar-refractivity contribution in [2.24, 2.45) is 0 Å². The molecule has 0 aliphatic rings. The largest absolute Gasteiger partial charge is 0.416 e. The molecule has 0 heterocycles. The van der Waals surface area contributed by atoms with Crippen LogP contribution in [0.4, 0.5) is 13.2 Å². The molecule has 3 nitrogen and oxygen atoms in total. The second kappa shape index (κ2) is 5.27. The molecule has 0 aromatic heterocycles. The zero-order chi connectivity index (χ0) is 14.0. The van der Waals surface area contributed by atoms with Gasteiger partial charge in [-0.25, -0.2) is 13.1 Å². The van der Waals surface area contributed by atoms with E-state index in [2.05, 4.69) is 4.72 Å². The zero-order valence-corrected chi connectivity index (χ0v) is 10.7. The van der Waals surface area contributed by atoms with Crippen molar-refractivity contribution in [3.8, 4) is 0 Å². The normalized spacial score (nSPS) is 13.0. The molecule has 0 spiro atoms. The van der Waals surface area contributed by atoms with Gasteiger partial charge in [0.2, 0.25) is 10.0 Å². The van der Waals surface area contributed by atoms with Gasteiger partial charge >= 0.3 is 6.18 Å². The molecular weight excluding hydrogens is 267 g/mol. The summed E-state index contributed by atoms with van der Waals surface area (Å²) in [5, 5.41) is 0. The van der Waals surface area contributed by atoms with Gasteiger partial charge in [-0.15, -0.1) is 0 Å². The van der Waals surface area contributed by atoms with Gasteiger partial charge in [-0.05, 0) is 30.2 Å². The van der Waals surface area contributed by atoms with Crippen LogP contribution in [0, 0.1) is 5.92 Å². The Bertz CT molecular complexity index is 492. The highest BCUT2D eigenvalue weighted by atomic mass is 32.2. The number of nitrogens with one attached hydrogen (secondary N) is 1. The summed E-state index contributed by atoms with van der Waals surface area (Å²) in [7, 11) is -3.76. The Balaban J connectivity index is 2.91. The third-order valence-electron chi connectivity index (χ3n) is 2.11. The zero-order valence-electron chi connectivity index (χ0n) is 9.88. The molecule has 1 N–H and O–H groups in total. The lowest BCUT2D eigenvalue weighted by Gasteiger charge is -2.10. The van der Waals surface area contributed by atoms with Crippen LogP contribution in [0.5, 0.6) is 0 Å². The van der Waals surface area contributed by atoms with Crippen molar-refractivity contribution in [1.29, 1.82) is 0 Å². The fraction of sp³-hybridized carbons (Fsp3) is 0.364. The average molecular weight is 280 g/mol. The summed E-state index contributed by atoms with van der Waals surface area (Å²) in [5.74, 6) is 0.852. The molecular formula is C11H13F3NO2S. The number of hydrogen-bond acceptors (Lipinski definition) is 2. The number of rotatable bonds is 4. The molecule has 18 heavy (non-hydrogen) atoms. The first kappa shape index (κ1) is 15.0. The second-order valence-electron chi connectivity index (χ2n) is 4.05. The lowest BCUT2D eigenvalue weighted by atomic mass is 10.2. The minimum absolute atomic E-state index is 0.156. The summed E-state index contributed by atoms with van der Waals surface area (Å²) in [6.45, 7) is 3.65. The molecule has 0 saturated carbocycles. The van der Waals surface area contributed by atoms with E-state index in [1.807, 2.05) is 0 Å². The maximum atomic E-state index is 12.3. The number of hydrogen-bond donors (Lipinski definition) is 1. The molecule has 101 valence electrons. The third-order valence-corrected chi connectivity index (χ3v) is 3.52. The maximum Gasteiger partial charge on any atom is 0.416 e. The summed E-state index contributed by atoms with van der Waals surface area (Å²) in [4.78, 5) is -0.184. The smallest absolute Gasteiger partial charge is 0.211 e. The Kier molecular flexibility index (Phi) is 4.39. The average Bonchev–Trinajstić information content (AvgIpc) is 2.26. The van der Waals surface area contributed by atoms with Crippen LogP contribution in [0.1, 0.15) is 19.4 Å². The van der Waals surface area contributed by atoms with E-state index in [0.29, 0.717) is 0 Å². The number of benzene rings is 1. The highest BCUT2D eigenvalue weighted by Crippen LogP contribution is 2.29. The first-order valence-electron chi connectivity index (χ1n) is 5.09. The fourth-order valence-corrected chi connectivity index (χ4v) is 2.29. The van der Waals surface area contributed by atoms with Gasteiger partial charge in [0.15, 0.2) is 0 Å². The van der Waals surface area contributed by atoms with Crippen molar-refractivity contribution in [3.05, 3.63) is 35.7 Å². The molecule has 1 radical (unpaired) electrons. The van der Waals surface area contributed by atoms with E-state index in [9.17, 15) is 21.6 Å². The molecule has 0 unspecified atom stereocenters. The van der Waals surface area contributed by atoms with E-state index >= 15 is 0 Å². The molecule has 0 aliphatic carbocycles. The lowest BCUT2D eigenvalue weighted by molar-refractivity contribution is -0.137. The van der Waals surface area contributed by atoms with Gasteiger partial charge in [0, 0.05) is 6.54 Å². The topological polar surface area (TPSA) is 46.2 Å². The van der Waals surface area contributed by atoms with Crippen molar-refractivity contribution >= 4 is 10.0 Å². The van der Waals surface area contributed by atoms with E-state index in [-0.39, 0.29) is 11.4 Å². The summed E-state index contributed by atoms with van der Waals surface area (Å²) in [6.07, 6.45) is -4.47. The van der Waals surface area contributed by atoms with Crippen LogP contribution in [0.2, 0.25) is 0 Å². The van der Waals surface area contributed by atoms with Crippen molar-refractivity contribution in [1.82, 2.24) is 4.72 Å².